The van der Waals surface area contributed by atoms with E-state index in [0.717, 1.165) is 43.5 Å². The van der Waals surface area contributed by atoms with E-state index in [4.69, 9.17) is 0 Å². The normalized spacial score (nSPS) is 24.0. The van der Waals surface area contributed by atoms with Gasteiger partial charge in [0.05, 0.1) is 0 Å². The zero-order valence-corrected chi connectivity index (χ0v) is 18.3. The van der Waals surface area contributed by atoms with Crippen LogP contribution in [0, 0.1) is 5.92 Å². The third-order valence-corrected chi connectivity index (χ3v) is 6.79. The lowest BCUT2D eigenvalue weighted by Gasteiger charge is -2.43. The van der Waals surface area contributed by atoms with Crippen LogP contribution in [-0.2, 0) is 22.7 Å². The predicted molar refractivity (Wildman–Crippen MR) is 115 cm³/mol. The highest BCUT2D eigenvalue weighted by atomic mass is 16.2. The van der Waals surface area contributed by atoms with Crippen LogP contribution in [0.1, 0.15) is 55.7 Å². The van der Waals surface area contributed by atoms with Crippen LogP contribution in [0.3, 0.4) is 0 Å². The molecule has 4 rings (SSSR count). The lowest BCUT2D eigenvalue weighted by atomic mass is 9.83. The second-order valence-electron chi connectivity index (χ2n) is 9.48. The number of aromatic nitrogens is 1. The molecular formula is C23H34N4O3. The summed E-state index contributed by atoms with van der Waals surface area (Å²) in [4.78, 5) is 43.9. The number of pyridine rings is 1. The molecule has 0 unspecified atom stereocenters. The summed E-state index contributed by atoms with van der Waals surface area (Å²) in [5.74, 6) is 0.883. The van der Waals surface area contributed by atoms with E-state index >= 15 is 0 Å². The molecule has 2 bridgehead atoms. The number of hydrogen-bond donors (Lipinski definition) is 0. The summed E-state index contributed by atoms with van der Waals surface area (Å²) in [6.07, 6.45) is 5.16. The maximum atomic E-state index is 13.0. The molecule has 7 heteroatoms. The molecule has 0 spiro atoms. The molecule has 2 fully saturated rings. The molecule has 3 aliphatic rings. The Morgan fingerprint density at radius 1 is 1.10 bits per heavy atom. The highest BCUT2D eigenvalue weighted by molar-refractivity contribution is 5.79. The number of fused-ring (bicyclic) bond motifs is 4. The first-order valence-corrected chi connectivity index (χ1v) is 11.3. The Labute approximate surface area is 178 Å². The van der Waals surface area contributed by atoms with E-state index in [-0.39, 0.29) is 23.3 Å². The van der Waals surface area contributed by atoms with Crippen molar-refractivity contribution in [2.75, 3.05) is 40.3 Å². The van der Waals surface area contributed by atoms with E-state index in [9.17, 15) is 14.4 Å². The van der Waals surface area contributed by atoms with Crippen LogP contribution in [0.15, 0.2) is 16.9 Å². The van der Waals surface area contributed by atoms with E-state index < -0.39 is 0 Å². The molecule has 2 amide bonds. The largest absolute Gasteiger partial charge is 0.342 e. The van der Waals surface area contributed by atoms with Crippen molar-refractivity contribution in [3.8, 4) is 0 Å². The van der Waals surface area contributed by atoms with Gasteiger partial charge in [0.1, 0.15) is 0 Å². The summed E-state index contributed by atoms with van der Waals surface area (Å²) in [6, 6.07) is 4.05. The van der Waals surface area contributed by atoms with Gasteiger partial charge in [-0.25, -0.2) is 0 Å². The highest BCUT2D eigenvalue weighted by Gasteiger charge is 2.36. The summed E-state index contributed by atoms with van der Waals surface area (Å²) >= 11 is 0. The minimum atomic E-state index is 0.121. The van der Waals surface area contributed by atoms with Crippen LogP contribution in [0.5, 0.6) is 0 Å². The van der Waals surface area contributed by atoms with Gasteiger partial charge in [0.2, 0.25) is 11.8 Å². The quantitative estimate of drug-likeness (QED) is 0.735. The van der Waals surface area contributed by atoms with E-state index in [1.807, 2.05) is 39.4 Å². The first-order chi connectivity index (χ1) is 14.4. The molecule has 164 valence electrons. The van der Waals surface area contributed by atoms with Gasteiger partial charge in [0, 0.05) is 69.3 Å². The smallest absolute Gasteiger partial charge is 0.255 e. The zero-order chi connectivity index (χ0) is 21.3. The molecule has 0 radical (unpaired) electrons. The van der Waals surface area contributed by atoms with Crippen molar-refractivity contribution in [2.24, 2.45) is 5.92 Å². The van der Waals surface area contributed by atoms with Gasteiger partial charge >= 0.3 is 0 Å². The molecule has 2 saturated heterocycles. The van der Waals surface area contributed by atoms with Crippen molar-refractivity contribution in [2.45, 2.75) is 57.5 Å². The first-order valence-electron chi connectivity index (χ1n) is 11.3. The van der Waals surface area contributed by atoms with Gasteiger partial charge in [-0.2, -0.15) is 0 Å². The summed E-state index contributed by atoms with van der Waals surface area (Å²) < 4.78 is 1.95. The topological polar surface area (TPSA) is 65.9 Å². The van der Waals surface area contributed by atoms with Crippen molar-refractivity contribution in [1.29, 1.82) is 0 Å². The van der Waals surface area contributed by atoms with Gasteiger partial charge < -0.3 is 19.3 Å². The number of carbonyl (C=O) groups excluding carboxylic acids is 2. The van der Waals surface area contributed by atoms with Crippen LogP contribution in [0.25, 0.3) is 0 Å². The molecule has 4 heterocycles. The van der Waals surface area contributed by atoms with Crippen LogP contribution in [0.2, 0.25) is 0 Å². The van der Waals surface area contributed by atoms with Crippen molar-refractivity contribution < 1.29 is 9.59 Å². The molecule has 7 nitrogen and oxygen atoms in total. The number of carbonyl (C=O) groups is 2. The fraction of sp³-hybridized carbons (Fsp3) is 0.696. The fourth-order valence-corrected chi connectivity index (χ4v) is 5.32. The second-order valence-corrected chi connectivity index (χ2v) is 9.48. The van der Waals surface area contributed by atoms with E-state index in [0.29, 0.717) is 51.5 Å². The molecule has 0 aromatic carbocycles. The predicted octanol–water partition coefficient (Wildman–Crippen LogP) is 1.65. The Bertz CT molecular complexity index is 862. The van der Waals surface area contributed by atoms with Gasteiger partial charge in [-0.05, 0) is 45.3 Å². The number of amides is 2. The first kappa shape index (κ1) is 21.1. The number of piperidine rings is 1. The summed E-state index contributed by atoms with van der Waals surface area (Å²) in [5.41, 5.74) is 2.02. The van der Waals surface area contributed by atoms with E-state index in [1.54, 1.807) is 0 Å². The van der Waals surface area contributed by atoms with Gasteiger partial charge in [0.25, 0.3) is 5.56 Å². The monoisotopic (exact) mass is 414 g/mol. The average Bonchev–Trinajstić information content (AvgIpc) is 2.92. The van der Waals surface area contributed by atoms with Gasteiger partial charge in [-0.1, -0.05) is 12.5 Å². The lowest BCUT2D eigenvalue weighted by Crippen LogP contribution is -2.50. The molecule has 1 aromatic rings. The van der Waals surface area contributed by atoms with Crippen molar-refractivity contribution >= 4 is 11.8 Å². The minimum absolute atomic E-state index is 0.121. The van der Waals surface area contributed by atoms with Gasteiger partial charge in [-0.3, -0.25) is 14.4 Å². The summed E-state index contributed by atoms with van der Waals surface area (Å²) in [5, 5.41) is 0. The Balaban J connectivity index is 1.42. The maximum Gasteiger partial charge on any atom is 0.255 e. The Morgan fingerprint density at radius 2 is 1.93 bits per heavy atom. The average molecular weight is 415 g/mol. The lowest BCUT2D eigenvalue weighted by molar-refractivity contribution is -0.136. The standard InChI is InChI=1S/C23H34N4O3/c1-24(2)15-18-7-8-20-19-12-17(14-27(20)23(18)30)13-26(16-19)22(29)9-11-25-10-5-3-4-6-21(25)28/h7-8,17,19H,3-6,9-16H2,1-2H3/t17-,19+/m0/s1. The maximum absolute atomic E-state index is 13.0. The van der Waals surface area contributed by atoms with Crippen LogP contribution >= 0.6 is 0 Å². The molecule has 3 aliphatic heterocycles. The van der Waals surface area contributed by atoms with Crippen molar-refractivity contribution in [3.63, 3.8) is 0 Å². The molecule has 1 aromatic heterocycles. The number of rotatable bonds is 5. The van der Waals surface area contributed by atoms with Gasteiger partial charge in [0.15, 0.2) is 0 Å². The van der Waals surface area contributed by atoms with Crippen LogP contribution in [0.4, 0.5) is 0 Å². The molecule has 0 saturated carbocycles. The minimum Gasteiger partial charge on any atom is -0.342 e. The van der Waals surface area contributed by atoms with Crippen LogP contribution in [-0.4, -0.2) is 71.4 Å². The van der Waals surface area contributed by atoms with Crippen LogP contribution < -0.4 is 5.56 Å². The molecule has 30 heavy (non-hydrogen) atoms. The number of hydrogen-bond acceptors (Lipinski definition) is 4. The third-order valence-electron chi connectivity index (χ3n) is 6.79. The van der Waals surface area contributed by atoms with Crippen molar-refractivity contribution in [3.05, 3.63) is 33.7 Å². The molecule has 0 N–H and O–H groups in total. The fourth-order valence-electron chi connectivity index (χ4n) is 5.32. The molecule has 0 aliphatic carbocycles. The Morgan fingerprint density at radius 3 is 2.73 bits per heavy atom. The van der Waals surface area contributed by atoms with Gasteiger partial charge in [-0.15, -0.1) is 0 Å². The number of likely N-dealkylation sites (tertiary alicyclic amines) is 2. The van der Waals surface area contributed by atoms with Crippen molar-refractivity contribution in [1.82, 2.24) is 19.3 Å². The highest BCUT2D eigenvalue weighted by Crippen LogP contribution is 2.35. The zero-order valence-electron chi connectivity index (χ0n) is 18.3. The Hall–Kier alpha value is -2.15. The van der Waals surface area contributed by atoms with E-state index in [2.05, 4.69) is 6.07 Å². The second kappa shape index (κ2) is 8.92. The number of nitrogens with zero attached hydrogens (tertiary/aromatic N) is 4. The summed E-state index contributed by atoms with van der Waals surface area (Å²) in [6.45, 7) is 4.05. The molecule has 2 atom stereocenters. The molecular weight excluding hydrogens is 380 g/mol. The SMILES string of the molecule is CN(C)Cc1ccc2n(c1=O)C[C@H]1C[C@@H]2CN(C(=O)CCN2CCCCCC2=O)C1. The van der Waals surface area contributed by atoms with E-state index in [1.165, 1.54) is 0 Å². The Kier molecular flexibility index (Phi) is 6.27. The summed E-state index contributed by atoms with van der Waals surface area (Å²) in [7, 11) is 3.95. The third kappa shape index (κ3) is 4.46.